The molecule has 0 spiro atoms. The van der Waals surface area contributed by atoms with Gasteiger partial charge in [0.05, 0.1) is 78.6 Å². The van der Waals surface area contributed by atoms with Gasteiger partial charge < -0.3 is 38.3 Å². The zero-order valence-corrected chi connectivity index (χ0v) is 72.7. The molecule has 3 saturated carbocycles. The molecule has 5 aromatic carbocycles. The Morgan fingerprint density at radius 1 is 0.459 bits per heavy atom. The first kappa shape index (κ1) is 90.1. The molecule has 20 nitrogen and oxygen atoms in total. The summed E-state index contributed by atoms with van der Waals surface area (Å²) in [6, 6.07) is 8.12. The van der Waals surface area contributed by atoms with Gasteiger partial charge in [-0.3, -0.25) is 14.2 Å². The summed E-state index contributed by atoms with van der Waals surface area (Å²) in [5.41, 5.74) is 9.65. The molecule has 0 aromatic heterocycles. The molecule has 616 valence electrons. The van der Waals surface area contributed by atoms with E-state index in [4.69, 9.17) is 33.2 Å². The number of carboxylic acid groups (broad SMARTS) is 1. The molecule has 0 saturated heterocycles. The number of esters is 2. The predicted octanol–water partition coefficient (Wildman–Crippen LogP) is 19.5. The van der Waals surface area contributed by atoms with Crippen molar-refractivity contribution in [3.05, 3.63) is 119 Å². The molecule has 3 aliphatic carbocycles. The second-order valence-electron chi connectivity index (χ2n) is 33.9. The smallest absolute Gasteiger partial charge is 0.339 e. The van der Waals surface area contributed by atoms with Gasteiger partial charge in [-0.05, 0) is 297 Å². The van der Waals surface area contributed by atoms with Gasteiger partial charge >= 0.3 is 17.9 Å². The van der Waals surface area contributed by atoms with E-state index in [2.05, 4.69) is 30.1 Å². The van der Waals surface area contributed by atoms with Crippen LogP contribution in [-0.2, 0) is 81.0 Å². The first-order chi connectivity index (χ1) is 51.7. The Bertz CT molecular complexity index is 4570. The average Bonchev–Trinajstić information content (AvgIpc) is 0.749. The van der Waals surface area contributed by atoms with Gasteiger partial charge in [0, 0.05) is 32.3 Å². The van der Waals surface area contributed by atoms with Crippen molar-refractivity contribution in [2.45, 2.75) is 275 Å². The summed E-state index contributed by atoms with van der Waals surface area (Å²) in [7, 11) is -8.26. The summed E-state index contributed by atoms with van der Waals surface area (Å²) in [5.74, 6) is -2.19. The molecule has 3 fully saturated rings. The van der Waals surface area contributed by atoms with E-state index in [1.807, 2.05) is 69.2 Å². The Balaban J connectivity index is 0.000000212. The van der Waals surface area contributed by atoms with E-state index >= 15 is 8.78 Å². The van der Waals surface area contributed by atoms with Gasteiger partial charge in [-0.15, -0.1) is 0 Å². The van der Waals surface area contributed by atoms with Gasteiger partial charge in [0.15, 0.2) is 41.4 Å². The number of carbonyl (C=O) groups is 3. The van der Waals surface area contributed by atoms with Crippen LogP contribution in [0.2, 0.25) is 0 Å². The van der Waals surface area contributed by atoms with Crippen molar-refractivity contribution in [2.24, 2.45) is 17.8 Å². The fraction of sp³-hybridized carbons (Fsp3) is 0.612. The van der Waals surface area contributed by atoms with Crippen LogP contribution in [-0.4, -0.2) is 110 Å². The lowest BCUT2D eigenvalue weighted by Crippen LogP contribution is -2.30. The number of ether oxygens (including phenoxy) is 7. The number of hydrogen-bond donors (Lipinski definition) is 4. The van der Waals surface area contributed by atoms with E-state index in [0.29, 0.717) is 114 Å². The van der Waals surface area contributed by atoms with Gasteiger partial charge in [0.1, 0.15) is 0 Å². The minimum atomic E-state index is -3.69. The number of nitrogens with one attached hydrogen (secondary N) is 3. The lowest BCUT2D eigenvalue weighted by Gasteiger charge is -2.31. The number of benzene rings is 5. The number of hydrogen-bond acceptors (Lipinski definition) is 16. The minimum Gasteiger partial charge on any atom is -0.490 e. The van der Waals surface area contributed by atoms with Crippen LogP contribution >= 0.6 is 15.9 Å². The number of carboxylic acids is 1. The minimum absolute atomic E-state index is 0.0264. The first-order valence-electron chi connectivity index (χ1n) is 39.2. The summed E-state index contributed by atoms with van der Waals surface area (Å²) in [5, 5.41) is 10.4. The third-order valence-electron chi connectivity index (χ3n) is 21.4. The Kier molecular flexibility index (Phi) is 30.4. The quantitative estimate of drug-likeness (QED) is 0.0442. The van der Waals surface area contributed by atoms with Crippen LogP contribution in [0.3, 0.4) is 0 Å². The number of fused-ring (bicyclic) bond motifs is 2. The highest BCUT2D eigenvalue weighted by molar-refractivity contribution is 9.10. The number of methoxy groups -OCH3 is 2. The molecule has 2 aliphatic heterocycles. The molecule has 5 aliphatic rings. The molecule has 0 bridgehead atoms. The fourth-order valence-corrected chi connectivity index (χ4v) is 21.6. The zero-order valence-electron chi connectivity index (χ0n) is 68.7. The number of aryl methyl sites for hydroxylation is 3. The predicted molar refractivity (Wildman–Crippen MR) is 438 cm³/mol. The maximum absolute atomic E-state index is 15.4. The normalized spacial score (nSPS) is 17.0. The topological polar surface area (TPSA) is 275 Å². The molecule has 111 heavy (non-hydrogen) atoms. The highest BCUT2D eigenvalue weighted by Crippen LogP contribution is 2.49. The van der Waals surface area contributed by atoms with Crippen molar-refractivity contribution >= 4 is 81.0 Å². The van der Waals surface area contributed by atoms with Gasteiger partial charge in [-0.1, -0.05) is 73.7 Å². The van der Waals surface area contributed by atoms with Gasteiger partial charge in [-0.25, -0.2) is 48.4 Å². The number of carbonyl (C=O) groups excluding carboxylic acids is 2. The maximum Gasteiger partial charge on any atom is 0.339 e. The first-order valence-corrected chi connectivity index (χ1v) is 44.9. The van der Waals surface area contributed by atoms with Crippen LogP contribution in [0.15, 0.2) is 34.8 Å². The largest absolute Gasteiger partial charge is 0.490 e. The maximum atomic E-state index is 15.4. The summed E-state index contributed by atoms with van der Waals surface area (Å²) >= 11 is 3.57. The second-order valence-corrected chi connectivity index (χ2v) is 40.0. The molecule has 10 rings (SSSR count). The molecule has 4 N–H and O–H groups in total. The Hall–Kier alpha value is -6.42. The monoisotopic (exact) mass is 1670 g/mol. The van der Waals surface area contributed by atoms with Crippen LogP contribution in [0.1, 0.15) is 262 Å². The SMILES string of the molecule is COC(=O)[C@@H](OC(C)(C)C)c1c(C)c(NS(=O)(=O)CC2CCCCC2)cc(C)c1-c1cc(F)c2c(c1C)CCCO2.COC(=O)[C@@H](OC(C)(C)C)c1c(C)c(NS(=O)(=O)CC2CCCCC2)cc(C)c1Br.Cc1cc(NS(=O)(=O)CC2CCCCC2)c(C)c([C@H](OC(C)(C)C)C(=O)O)c1-c1cc(F)c2c(c1C)CCCO2. The average molecular weight is 1670 g/mol. The van der Waals surface area contributed by atoms with Crippen molar-refractivity contribution in [3.63, 3.8) is 0 Å². The molecule has 0 amide bonds. The van der Waals surface area contributed by atoms with Crippen LogP contribution in [0, 0.1) is 84.8 Å². The van der Waals surface area contributed by atoms with E-state index < -0.39 is 94.7 Å². The van der Waals surface area contributed by atoms with Gasteiger partial charge in [0.25, 0.3) is 0 Å². The summed E-state index contributed by atoms with van der Waals surface area (Å²) in [6.07, 6.45) is 14.6. The molecule has 0 radical (unpaired) electrons. The van der Waals surface area contributed by atoms with E-state index in [1.165, 1.54) is 32.8 Å². The van der Waals surface area contributed by atoms with Crippen molar-refractivity contribution in [1.29, 1.82) is 0 Å². The summed E-state index contributed by atoms with van der Waals surface area (Å²) in [6.45, 7) is 31.9. The Morgan fingerprint density at radius 2 is 0.757 bits per heavy atom. The van der Waals surface area contributed by atoms with Crippen molar-refractivity contribution < 1.29 is 86.7 Å². The molecular weight excluding hydrogens is 1550 g/mol. The van der Waals surface area contributed by atoms with Crippen LogP contribution in [0.4, 0.5) is 25.8 Å². The van der Waals surface area contributed by atoms with Gasteiger partial charge in [-0.2, -0.15) is 0 Å². The summed E-state index contributed by atoms with van der Waals surface area (Å²) < 4.78 is 159. The van der Waals surface area contributed by atoms with E-state index in [0.717, 1.165) is 131 Å². The lowest BCUT2D eigenvalue weighted by atomic mass is 9.83. The number of anilines is 3. The third-order valence-corrected chi connectivity index (χ3v) is 26.8. The second kappa shape index (κ2) is 37.5. The number of rotatable bonds is 23. The zero-order chi connectivity index (χ0) is 82.2. The van der Waals surface area contributed by atoms with Gasteiger partial charge in [0.2, 0.25) is 30.1 Å². The summed E-state index contributed by atoms with van der Waals surface area (Å²) in [4.78, 5) is 38.6. The van der Waals surface area contributed by atoms with Crippen molar-refractivity contribution in [2.75, 3.05) is 58.9 Å². The molecule has 26 heteroatoms. The van der Waals surface area contributed by atoms with Crippen LogP contribution < -0.4 is 23.6 Å². The van der Waals surface area contributed by atoms with Crippen LogP contribution in [0.25, 0.3) is 22.3 Å². The molecule has 2 heterocycles. The van der Waals surface area contributed by atoms with E-state index in [1.54, 1.807) is 66.7 Å². The molecule has 0 unspecified atom stereocenters. The van der Waals surface area contributed by atoms with Crippen molar-refractivity contribution in [3.8, 4) is 33.8 Å². The lowest BCUT2D eigenvalue weighted by molar-refractivity contribution is -0.164. The highest BCUT2D eigenvalue weighted by atomic mass is 79.9. The van der Waals surface area contributed by atoms with E-state index in [-0.39, 0.29) is 46.5 Å². The van der Waals surface area contributed by atoms with E-state index in [9.17, 15) is 44.7 Å². The highest BCUT2D eigenvalue weighted by Gasteiger charge is 2.39. The molecule has 3 atom stereocenters. The Morgan fingerprint density at radius 3 is 1.07 bits per heavy atom. The molecular formula is C85H120BrF2N3O17S3. The Labute approximate surface area is 667 Å². The third kappa shape index (κ3) is 23.7. The number of halogens is 3. The fourth-order valence-electron chi connectivity index (χ4n) is 16.2. The molecule has 5 aromatic rings. The standard InChI is InChI=1S/C32H44FNO6S.C31H42FNO6S.C22H34BrNO5S/c1-19-16-26(34-41(36,37)18-22-12-9-8-10-13-22)21(3)28(30(31(35)38-7)40-32(4,5)6)27(19)24-17-25(33)29-23(20(24)2)14-11-15-39-29;1-18-15-25(33-40(36,37)17-21-11-8-7-9-12-21)20(3)27(29(30(34)35)39-31(4,5)6)26(18)23-16-24(32)28-22(19(23)2)13-10-14-38-28;1-14-12-17(24-30(26,27)13-16-10-8-7-9-11-16)15(2)18(19(14)23)20(21(25)28-6)29-22(3,4)5/h16-17,22,30,34H,8-15,18H2,1-7H3;15-16,21,29,33H,7-14,17H2,1-6H3,(H,34,35);12,16,20,24H,7-11,13H2,1-6H3/t30-;29-;20-/m000/s1. The number of sulfonamides is 3. The van der Waals surface area contributed by atoms with Crippen LogP contribution in [0.5, 0.6) is 11.5 Å². The number of aliphatic carboxylic acids is 1. The van der Waals surface area contributed by atoms with Crippen molar-refractivity contribution in [1.82, 2.24) is 0 Å².